The Balaban J connectivity index is 0.00000289. The van der Waals surface area contributed by atoms with Crippen molar-refractivity contribution in [1.82, 2.24) is 0 Å². The molecule has 1 atom stereocenters. The van der Waals surface area contributed by atoms with Crippen LogP contribution in [-0.2, 0) is 12.8 Å². The molecule has 1 aromatic rings. The van der Waals surface area contributed by atoms with Crippen LogP contribution in [0.2, 0.25) is 0 Å². The fraction of sp³-hybridized carbons (Fsp3) is 0.429. The van der Waals surface area contributed by atoms with Crippen molar-refractivity contribution in [3.05, 3.63) is 35.9 Å². The normalized spacial score (nSPS) is 11.3. The van der Waals surface area contributed by atoms with Gasteiger partial charge in [-0.15, -0.1) is 19.0 Å². The van der Waals surface area contributed by atoms with Crippen LogP contribution in [0.15, 0.2) is 24.8 Å². The lowest BCUT2D eigenvalue weighted by molar-refractivity contribution is 0.386. The van der Waals surface area contributed by atoms with Crippen LogP contribution in [-0.4, -0.2) is 20.3 Å². The summed E-state index contributed by atoms with van der Waals surface area (Å²) in [6, 6.07) is 4.16. The van der Waals surface area contributed by atoms with Gasteiger partial charge in [0.15, 0.2) is 0 Å². The molecule has 1 aromatic carbocycles. The topological polar surface area (TPSA) is 44.5 Å². The average molecular weight is 272 g/mol. The van der Waals surface area contributed by atoms with Gasteiger partial charge in [-0.3, -0.25) is 0 Å². The van der Waals surface area contributed by atoms with E-state index in [-0.39, 0.29) is 18.4 Å². The minimum absolute atomic E-state index is 0. The number of hydrogen-bond donors (Lipinski definition) is 1. The molecule has 3 nitrogen and oxygen atoms in total. The smallest absolute Gasteiger partial charge is 0.126 e. The fourth-order valence-corrected chi connectivity index (χ4v) is 1.87. The SMILES string of the molecule is C=CCc1c(OC)cc(CC(C)N)cc1OC.Cl. The second kappa shape index (κ2) is 8.01. The van der Waals surface area contributed by atoms with E-state index in [4.69, 9.17) is 15.2 Å². The van der Waals surface area contributed by atoms with Crippen LogP contribution >= 0.6 is 12.4 Å². The number of halogens is 1. The molecule has 0 saturated carbocycles. The predicted octanol–water partition coefficient (Wildman–Crippen LogP) is 2.74. The lowest BCUT2D eigenvalue weighted by atomic mass is 10.0. The lowest BCUT2D eigenvalue weighted by Gasteiger charge is -2.15. The van der Waals surface area contributed by atoms with Crippen LogP contribution in [0.4, 0.5) is 0 Å². The minimum atomic E-state index is 0. The van der Waals surface area contributed by atoms with Gasteiger partial charge in [0, 0.05) is 11.6 Å². The zero-order valence-electron chi connectivity index (χ0n) is 11.2. The standard InChI is InChI=1S/C14H21NO2.ClH/c1-5-6-12-13(16-3)8-11(7-10(2)15)9-14(12)17-4;/h5,8-10H,1,6-7,15H2,2-4H3;1H. The van der Waals surface area contributed by atoms with Gasteiger partial charge in [-0.1, -0.05) is 6.08 Å². The molecule has 1 rings (SSSR count). The monoisotopic (exact) mass is 271 g/mol. The summed E-state index contributed by atoms with van der Waals surface area (Å²) in [4.78, 5) is 0. The van der Waals surface area contributed by atoms with Gasteiger partial charge >= 0.3 is 0 Å². The zero-order chi connectivity index (χ0) is 12.8. The number of allylic oxidation sites excluding steroid dienone is 1. The van der Waals surface area contributed by atoms with Crippen molar-refractivity contribution in [2.24, 2.45) is 5.73 Å². The van der Waals surface area contributed by atoms with Gasteiger partial charge < -0.3 is 15.2 Å². The first-order valence-corrected chi connectivity index (χ1v) is 5.72. The van der Waals surface area contributed by atoms with Gasteiger partial charge in [0.2, 0.25) is 0 Å². The third-order valence-corrected chi connectivity index (χ3v) is 2.57. The summed E-state index contributed by atoms with van der Waals surface area (Å²) in [5, 5.41) is 0. The molecule has 102 valence electrons. The molecule has 0 aromatic heterocycles. The number of nitrogens with two attached hydrogens (primary N) is 1. The van der Waals surface area contributed by atoms with E-state index in [9.17, 15) is 0 Å². The number of rotatable bonds is 6. The summed E-state index contributed by atoms with van der Waals surface area (Å²) in [5.74, 6) is 1.67. The highest BCUT2D eigenvalue weighted by Gasteiger charge is 2.11. The summed E-state index contributed by atoms with van der Waals surface area (Å²) in [6.07, 6.45) is 3.37. The highest BCUT2D eigenvalue weighted by atomic mass is 35.5. The average Bonchev–Trinajstić information content (AvgIpc) is 2.30. The molecular weight excluding hydrogens is 250 g/mol. The summed E-state index contributed by atoms with van der Waals surface area (Å²) in [6.45, 7) is 5.73. The Morgan fingerprint density at radius 3 is 2.11 bits per heavy atom. The fourth-order valence-electron chi connectivity index (χ4n) is 1.87. The third kappa shape index (κ3) is 4.24. The van der Waals surface area contributed by atoms with E-state index < -0.39 is 0 Å². The number of hydrogen-bond acceptors (Lipinski definition) is 3. The van der Waals surface area contributed by atoms with Crippen molar-refractivity contribution in [2.75, 3.05) is 14.2 Å². The third-order valence-electron chi connectivity index (χ3n) is 2.57. The Labute approximate surface area is 115 Å². The molecule has 0 aliphatic rings. The van der Waals surface area contributed by atoms with E-state index in [0.717, 1.165) is 35.5 Å². The van der Waals surface area contributed by atoms with E-state index in [1.165, 1.54) is 0 Å². The highest BCUT2D eigenvalue weighted by molar-refractivity contribution is 5.85. The Morgan fingerprint density at radius 2 is 1.78 bits per heavy atom. The van der Waals surface area contributed by atoms with Crippen molar-refractivity contribution in [1.29, 1.82) is 0 Å². The summed E-state index contributed by atoms with van der Waals surface area (Å²) >= 11 is 0. The molecule has 0 aliphatic heterocycles. The maximum absolute atomic E-state index is 5.81. The number of benzene rings is 1. The molecule has 1 unspecified atom stereocenters. The Hall–Kier alpha value is -1.19. The first-order chi connectivity index (χ1) is 8.12. The number of methoxy groups -OCH3 is 2. The Morgan fingerprint density at radius 1 is 1.28 bits per heavy atom. The van der Waals surface area contributed by atoms with Crippen LogP contribution in [0.5, 0.6) is 11.5 Å². The molecule has 0 radical (unpaired) electrons. The molecule has 18 heavy (non-hydrogen) atoms. The van der Waals surface area contributed by atoms with Crippen molar-refractivity contribution >= 4 is 12.4 Å². The molecule has 4 heteroatoms. The van der Waals surface area contributed by atoms with E-state index >= 15 is 0 Å². The largest absolute Gasteiger partial charge is 0.496 e. The zero-order valence-corrected chi connectivity index (χ0v) is 12.0. The van der Waals surface area contributed by atoms with Crippen molar-refractivity contribution in [3.8, 4) is 11.5 Å². The van der Waals surface area contributed by atoms with Gasteiger partial charge in [-0.25, -0.2) is 0 Å². The lowest BCUT2D eigenvalue weighted by Crippen LogP contribution is -2.18. The Bertz CT molecular complexity index is 366. The maximum atomic E-state index is 5.81. The van der Waals surface area contributed by atoms with E-state index in [2.05, 4.69) is 6.58 Å². The molecule has 2 N–H and O–H groups in total. The molecule has 0 bridgehead atoms. The summed E-state index contributed by atoms with van der Waals surface area (Å²) in [5.41, 5.74) is 7.96. The van der Waals surface area contributed by atoms with Gasteiger partial charge in [0.05, 0.1) is 14.2 Å². The minimum Gasteiger partial charge on any atom is -0.496 e. The van der Waals surface area contributed by atoms with Gasteiger partial charge in [0.1, 0.15) is 11.5 Å². The molecule has 0 amide bonds. The van der Waals surface area contributed by atoms with E-state index in [1.807, 2.05) is 25.1 Å². The number of ether oxygens (including phenoxy) is 2. The highest BCUT2D eigenvalue weighted by Crippen LogP contribution is 2.31. The van der Waals surface area contributed by atoms with E-state index in [1.54, 1.807) is 14.2 Å². The summed E-state index contributed by atoms with van der Waals surface area (Å²) < 4.78 is 10.8. The van der Waals surface area contributed by atoms with Crippen molar-refractivity contribution in [2.45, 2.75) is 25.8 Å². The first kappa shape index (κ1) is 16.8. The Kier molecular flexibility index (Phi) is 7.48. The van der Waals surface area contributed by atoms with Crippen LogP contribution in [0.1, 0.15) is 18.1 Å². The second-order valence-corrected chi connectivity index (χ2v) is 4.15. The van der Waals surface area contributed by atoms with Crippen LogP contribution in [0.25, 0.3) is 0 Å². The quantitative estimate of drug-likeness (QED) is 0.809. The molecule has 0 aliphatic carbocycles. The molecule has 0 saturated heterocycles. The van der Waals surface area contributed by atoms with Gasteiger partial charge in [-0.05, 0) is 37.5 Å². The van der Waals surface area contributed by atoms with E-state index in [0.29, 0.717) is 0 Å². The molecule has 0 spiro atoms. The second-order valence-electron chi connectivity index (χ2n) is 4.15. The molecule has 0 fully saturated rings. The van der Waals surface area contributed by atoms with Gasteiger partial charge in [0.25, 0.3) is 0 Å². The first-order valence-electron chi connectivity index (χ1n) is 5.72. The predicted molar refractivity (Wildman–Crippen MR) is 78.0 cm³/mol. The van der Waals surface area contributed by atoms with Crippen molar-refractivity contribution in [3.63, 3.8) is 0 Å². The molecule has 0 heterocycles. The summed E-state index contributed by atoms with van der Waals surface area (Å²) in [7, 11) is 3.33. The van der Waals surface area contributed by atoms with Crippen LogP contribution in [0, 0.1) is 0 Å². The molecular formula is C14H22ClNO2. The van der Waals surface area contributed by atoms with Crippen molar-refractivity contribution < 1.29 is 9.47 Å². The maximum Gasteiger partial charge on any atom is 0.126 e. The van der Waals surface area contributed by atoms with Crippen LogP contribution < -0.4 is 15.2 Å². The van der Waals surface area contributed by atoms with Crippen LogP contribution in [0.3, 0.4) is 0 Å². The van der Waals surface area contributed by atoms with Gasteiger partial charge in [-0.2, -0.15) is 0 Å².